The molecule has 2 rings (SSSR count). The van der Waals surface area contributed by atoms with E-state index in [2.05, 4.69) is 60.6 Å². The first kappa shape index (κ1) is 20.3. The van der Waals surface area contributed by atoms with Gasteiger partial charge in [-0.1, -0.05) is 67.0 Å². The summed E-state index contributed by atoms with van der Waals surface area (Å²) in [5, 5.41) is 21.4. The highest BCUT2D eigenvalue weighted by Gasteiger charge is 2.39. The molecule has 0 heterocycles. The molecule has 0 radical (unpaired) electrons. The minimum atomic E-state index is -0.203. The lowest BCUT2D eigenvalue weighted by molar-refractivity contribution is 0.0800. The number of benzene rings is 1. The zero-order valence-corrected chi connectivity index (χ0v) is 17.4. The maximum absolute atomic E-state index is 11.0. The first-order valence-corrected chi connectivity index (χ1v) is 9.97. The summed E-state index contributed by atoms with van der Waals surface area (Å²) in [4.78, 5) is 0. The minimum absolute atomic E-state index is 0.0418. The Hall–Kier alpha value is -1.02. The average molecular weight is 347 g/mol. The number of hydrogen-bond donors (Lipinski definition) is 2. The van der Waals surface area contributed by atoms with Crippen LogP contribution < -0.4 is 0 Å². The molecule has 142 valence electrons. The molecule has 2 N–H and O–H groups in total. The van der Waals surface area contributed by atoms with Gasteiger partial charge in [0.25, 0.3) is 0 Å². The van der Waals surface area contributed by atoms with Crippen LogP contribution in [0.5, 0.6) is 5.75 Å². The second kappa shape index (κ2) is 6.95. The number of hydrogen-bond acceptors (Lipinski definition) is 2. The van der Waals surface area contributed by atoms with Crippen molar-refractivity contribution in [3.63, 3.8) is 0 Å². The molecule has 2 atom stereocenters. The van der Waals surface area contributed by atoms with Gasteiger partial charge in [0, 0.05) is 0 Å². The van der Waals surface area contributed by atoms with Gasteiger partial charge in [-0.25, -0.2) is 0 Å². The maximum Gasteiger partial charge on any atom is 0.123 e. The Morgan fingerprint density at radius 1 is 1.04 bits per heavy atom. The van der Waals surface area contributed by atoms with Gasteiger partial charge in [0.2, 0.25) is 0 Å². The highest BCUT2D eigenvalue weighted by molar-refractivity contribution is 5.51. The van der Waals surface area contributed by atoms with E-state index in [-0.39, 0.29) is 22.3 Å². The molecule has 1 aromatic carbocycles. The van der Waals surface area contributed by atoms with Crippen LogP contribution in [0.2, 0.25) is 0 Å². The minimum Gasteiger partial charge on any atom is -0.507 e. The largest absolute Gasteiger partial charge is 0.507 e. The summed E-state index contributed by atoms with van der Waals surface area (Å²) in [5.74, 6) is 0.451. The Balaban J connectivity index is 2.70. The summed E-state index contributed by atoms with van der Waals surface area (Å²) >= 11 is 0. The summed E-state index contributed by atoms with van der Waals surface area (Å²) in [6, 6.07) is 4.47. The molecule has 0 bridgehead atoms. The summed E-state index contributed by atoms with van der Waals surface area (Å²) in [7, 11) is 0. The lowest BCUT2D eigenvalue weighted by atomic mass is 9.64. The van der Waals surface area contributed by atoms with E-state index in [1.54, 1.807) is 0 Å². The third kappa shape index (κ3) is 4.22. The van der Waals surface area contributed by atoms with Crippen LogP contribution in [0.25, 0.3) is 0 Å². The molecule has 2 nitrogen and oxygen atoms in total. The van der Waals surface area contributed by atoms with E-state index in [4.69, 9.17) is 0 Å². The summed E-state index contributed by atoms with van der Waals surface area (Å²) in [5.41, 5.74) is 3.21. The second-order valence-corrected chi connectivity index (χ2v) is 10.2. The lowest BCUT2D eigenvalue weighted by Crippen LogP contribution is -2.36. The van der Waals surface area contributed by atoms with Crippen molar-refractivity contribution in [1.29, 1.82) is 0 Å². The normalized spacial score (nSPS) is 25.2. The predicted octanol–water partition coefficient (Wildman–Crippen LogP) is 5.96. The number of aliphatic hydroxyl groups excluding tert-OH is 1. The van der Waals surface area contributed by atoms with Gasteiger partial charge in [-0.15, -0.1) is 0 Å². The van der Waals surface area contributed by atoms with Crippen molar-refractivity contribution >= 4 is 0 Å². The van der Waals surface area contributed by atoms with Crippen molar-refractivity contribution in [2.75, 3.05) is 0 Å². The van der Waals surface area contributed by atoms with Gasteiger partial charge >= 0.3 is 0 Å². The number of aliphatic hydroxyl groups is 1. The predicted molar refractivity (Wildman–Crippen MR) is 107 cm³/mol. The smallest absolute Gasteiger partial charge is 0.123 e. The third-order valence-corrected chi connectivity index (χ3v) is 5.89. The van der Waals surface area contributed by atoms with E-state index in [9.17, 15) is 10.2 Å². The first-order valence-electron chi connectivity index (χ1n) is 9.97. The monoisotopic (exact) mass is 346 g/mol. The molecule has 1 saturated carbocycles. The fourth-order valence-electron chi connectivity index (χ4n) is 4.53. The van der Waals surface area contributed by atoms with Crippen LogP contribution >= 0.6 is 0 Å². The third-order valence-electron chi connectivity index (χ3n) is 5.89. The Morgan fingerprint density at radius 3 is 1.96 bits per heavy atom. The van der Waals surface area contributed by atoms with Crippen molar-refractivity contribution < 1.29 is 10.2 Å². The SMILES string of the molecule is CCCC1(c2cc(C(C)(C)C)c(O)c(C(C)(C)C)c2)CCCC(O)C1. The van der Waals surface area contributed by atoms with Crippen molar-refractivity contribution in [2.24, 2.45) is 0 Å². The Labute approximate surface area is 154 Å². The van der Waals surface area contributed by atoms with Gasteiger partial charge in [-0.05, 0) is 65.0 Å². The van der Waals surface area contributed by atoms with Crippen LogP contribution in [0.4, 0.5) is 0 Å². The van der Waals surface area contributed by atoms with Crippen molar-refractivity contribution in [1.82, 2.24) is 0 Å². The zero-order chi connectivity index (χ0) is 19.0. The van der Waals surface area contributed by atoms with Gasteiger partial charge in [-0.3, -0.25) is 0 Å². The fourth-order valence-corrected chi connectivity index (χ4v) is 4.53. The summed E-state index contributed by atoms with van der Waals surface area (Å²) in [6.07, 6.45) is 5.99. The molecule has 1 fully saturated rings. The lowest BCUT2D eigenvalue weighted by Gasteiger charge is -2.42. The Bertz CT molecular complexity index is 564. The van der Waals surface area contributed by atoms with Crippen LogP contribution in [0.15, 0.2) is 12.1 Å². The van der Waals surface area contributed by atoms with Crippen LogP contribution in [-0.4, -0.2) is 16.3 Å². The van der Waals surface area contributed by atoms with Crippen molar-refractivity contribution in [2.45, 2.75) is 109 Å². The Kier molecular flexibility index (Phi) is 5.64. The molecule has 0 aromatic heterocycles. The number of aromatic hydroxyl groups is 1. The van der Waals surface area contributed by atoms with E-state index in [1.807, 2.05) is 0 Å². The fraction of sp³-hybridized carbons (Fsp3) is 0.739. The molecule has 1 aromatic rings. The van der Waals surface area contributed by atoms with E-state index >= 15 is 0 Å². The van der Waals surface area contributed by atoms with Crippen LogP contribution in [-0.2, 0) is 16.2 Å². The van der Waals surface area contributed by atoms with E-state index < -0.39 is 0 Å². The van der Waals surface area contributed by atoms with E-state index in [0.717, 1.165) is 49.7 Å². The molecule has 2 heteroatoms. The molecule has 0 saturated heterocycles. The first-order chi connectivity index (χ1) is 11.4. The highest BCUT2D eigenvalue weighted by Crippen LogP contribution is 2.48. The van der Waals surface area contributed by atoms with Crippen molar-refractivity contribution in [3.05, 3.63) is 28.8 Å². The van der Waals surface area contributed by atoms with Crippen molar-refractivity contribution in [3.8, 4) is 5.75 Å². The molecule has 1 aliphatic rings. The van der Waals surface area contributed by atoms with Crippen LogP contribution in [0.1, 0.15) is 104 Å². The topological polar surface area (TPSA) is 40.5 Å². The van der Waals surface area contributed by atoms with Crippen LogP contribution in [0, 0.1) is 0 Å². The number of phenolic OH excluding ortho intramolecular Hbond substituents is 1. The molecule has 0 spiro atoms. The molecular formula is C23H38O2. The standard InChI is InChI=1S/C23H38O2/c1-8-11-23(12-9-10-17(24)15-23)16-13-18(21(2,3)4)20(25)19(14-16)22(5,6)7/h13-14,17,24-25H,8-12,15H2,1-7H3. The number of rotatable bonds is 3. The molecule has 1 aliphatic carbocycles. The van der Waals surface area contributed by atoms with E-state index in [1.165, 1.54) is 5.56 Å². The Morgan fingerprint density at radius 2 is 1.56 bits per heavy atom. The van der Waals surface area contributed by atoms with Crippen LogP contribution in [0.3, 0.4) is 0 Å². The molecule has 25 heavy (non-hydrogen) atoms. The molecular weight excluding hydrogens is 308 g/mol. The maximum atomic E-state index is 11.0. The van der Waals surface area contributed by atoms with Gasteiger partial charge in [-0.2, -0.15) is 0 Å². The molecule has 2 unspecified atom stereocenters. The number of phenols is 1. The quantitative estimate of drug-likeness (QED) is 0.709. The summed E-state index contributed by atoms with van der Waals surface area (Å²) < 4.78 is 0. The second-order valence-electron chi connectivity index (χ2n) is 10.2. The highest BCUT2D eigenvalue weighted by atomic mass is 16.3. The molecule has 0 amide bonds. The summed E-state index contributed by atoms with van der Waals surface area (Å²) in [6.45, 7) is 15.2. The average Bonchev–Trinajstić information content (AvgIpc) is 2.45. The van der Waals surface area contributed by atoms with Gasteiger partial charge in [0.15, 0.2) is 0 Å². The molecule has 0 aliphatic heterocycles. The zero-order valence-electron chi connectivity index (χ0n) is 17.4. The van der Waals surface area contributed by atoms with Gasteiger partial charge < -0.3 is 10.2 Å². The van der Waals surface area contributed by atoms with Gasteiger partial charge in [0.1, 0.15) is 5.75 Å². The van der Waals surface area contributed by atoms with Gasteiger partial charge in [0.05, 0.1) is 6.10 Å². The van der Waals surface area contributed by atoms with E-state index in [0.29, 0.717) is 5.75 Å².